The van der Waals surface area contributed by atoms with E-state index < -0.39 is 0 Å². The van der Waals surface area contributed by atoms with Crippen molar-refractivity contribution in [1.29, 1.82) is 0 Å². The Labute approximate surface area is 126 Å². The normalized spacial score (nSPS) is 10.5. The highest BCUT2D eigenvalue weighted by molar-refractivity contribution is 9.10. The molecule has 2 rings (SSSR count). The summed E-state index contributed by atoms with van der Waals surface area (Å²) in [5.74, 6) is 0.877. The zero-order valence-corrected chi connectivity index (χ0v) is 13.1. The first-order valence-corrected chi connectivity index (χ1v) is 7.64. The summed E-state index contributed by atoms with van der Waals surface area (Å²) < 4.78 is 6.26. The lowest BCUT2D eigenvalue weighted by Gasteiger charge is -2.09. The van der Waals surface area contributed by atoms with E-state index in [2.05, 4.69) is 46.3 Å². The van der Waals surface area contributed by atoms with E-state index in [1.807, 2.05) is 12.1 Å². The van der Waals surface area contributed by atoms with Gasteiger partial charge in [-0.1, -0.05) is 27.7 Å². The van der Waals surface area contributed by atoms with Gasteiger partial charge in [-0.25, -0.2) is 0 Å². The first-order chi connectivity index (χ1) is 9.22. The summed E-state index contributed by atoms with van der Waals surface area (Å²) in [6.45, 7) is 0.659. The van der Waals surface area contributed by atoms with Gasteiger partial charge in [0.05, 0.1) is 7.11 Å². The molecule has 19 heavy (non-hydrogen) atoms. The van der Waals surface area contributed by atoms with Crippen molar-refractivity contribution in [2.24, 2.45) is 5.73 Å². The van der Waals surface area contributed by atoms with Gasteiger partial charge in [0, 0.05) is 14.3 Å². The lowest BCUT2D eigenvalue weighted by Crippen LogP contribution is -2.03. The average Bonchev–Trinajstić information content (AvgIpc) is 2.43. The quantitative estimate of drug-likeness (QED) is 0.891. The van der Waals surface area contributed by atoms with Crippen molar-refractivity contribution in [3.8, 4) is 5.75 Å². The Kier molecular flexibility index (Phi) is 5.31. The second-order valence-electron chi connectivity index (χ2n) is 4.07. The highest BCUT2D eigenvalue weighted by atomic mass is 79.9. The van der Waals surface area contributed by atoms with Gasteiger partial charge in [0.1, 0.15) is 5.75 Å². The first kappa shape index (κ1) is 14.4. The van der Waals surface area contributed by atoms with Crippen LogP contribution in [-0.2, 0) is 6.42 Å². The Morgan fingerprint density at radius 1 is 1.16 bits per heavy atom. The third-order valence-corrected chi connectivity index (χ3v) is 4.34. The van der Waals surface area contributed by atoms with E-state index >= 15 is 0 Å². The van der Waals surface area contributed by atoms with Gasteiger partial charge in [-0.2, -0.15) is 0 Å². The lowest BCUT2D eigenvalue weighted by molar-refractivity contribution is 0.414. The van der Waals surface area contributed by atoms with Gasteiger partial charge >= 0.3 is 0 Å². The molecule has 0 aliphatic heterocycles. The molecule has 0 aliphatic carbocycles. The molecular weight excluding hydrogens is 322 g/mol. The number of nitrogens with two attached hydrogens (primary N) is 1. The fraction of sp³-hybridized carbons (Fsp3) is 0.200. The maximum atomic E-state index is 5.67. The summed E-state index contributed by atoms with van der Waals surface area (Å²) in [5.41, 5.74) is 6.95. The molecule has 0 radical (unpaired) electrons. The number of halogens is 1. The third-order valence-electron chi connectivity index (χ3n) is 2.72. The minimum Gasteiger partial charge on any atom is -0.497 e. The van der Waals surface area contributed by atoms with Crippen LogP contribution in [0.5, 0.6) is 5.75 Å². The van der Waals surface area contributed by atoms with Gasteiger partial charge < -0.3 is 10.5 Å². The van der Waals surface area contributed by atoms with Crippen molar-refractivity contribution < 1.29 is 4.74 Å². The molecule has 0 aromatic heterocycles. The van der Waals surface area contributed by atoms with Gasteiger partial charge in [-0.15, -0.1) is 0 Å². The molecule has 0 unspecified atom stereocenters. The molecule has 2 N–H and O–H groups in total. The summed E-state index contributed by atoms with van der Waals surface area (Å²) in [6, 6.07) is 14.4. The van der Waals surface area contributed by atoms with E-state index in [9.17, 15) is 0 Å². The Hall–Kier alpha value is -0.970. The van der Waals surface area contributed by atoms with Crippen LogP contribution in [0.1, 0.15) is 5.56 Å². The molecule has 0 heterocycles. The molecule has 0 spiro atoms. The smallest absolute Gasteiger partial charge is 0.118 e. The average molecular weight is 338 g/mol. The van der Waals surface area contributed by atoms with Gasteiger partial charge in [0.15, 0.2) is 0 Å². The van der Waals surface area contributed by atoms with Crippen LogP contribution in [0.2, 0.25) is 0 Å². The maximum Gasteiger partial charge on any atom is 0.118 e. The molecule has 2 aromatic carbocycles. The number of rotatable bonds is 5. The van der Waals surface area contributed by atoms with Gasteiger partial charge in [-0.3, -0.25) is 0 Å². The lowest BCUT2D eigenvalue weighted by atomic mass is 10.1. The third kappa shape index (κ3) is 4.00. The van der Waals surface area contributed by atoms with Crippen molar-refractivity contribution in [3.63, 3.8) is 0 Å². The molecular formula is C15H16BrNOS. The van der Waals surface area contributed by atoms with Gasteiger partial charge in [0.25, 0.3) is 0 Å². The van der Waals surface area contributed by atoms with Crippen molar-refractivity contribution in [3.05, 3.63) is 52.5 Å². The molecule has 0 atom stereocenters. The number of ether oxygens (including phenoxy) is 1. The monoisotopic (exact) mass is 337 g/mol. The van der Waals surface area contributed by atoms with Crippen LogP contribution < -0.4 is 10.5 Å². The van der Waals surface area contributed by atoms with Crippen LogP contribution in [0.4, 0.5) is 0 Å². The van der Waals surface area contributed by atoms with Crippen LogP contribution in [0.15, 0.2) is 56.7 Å². The molecule has 0 bridgehead atoms. The van der Waals surface area contributed by atoms with Crippen molar-refractivity contribution in [2.75, 3.05) is 13.7 Å². The molecule has 0 amide bonds. The minimum absolute atomic E-state index is 0.659. The second kappa shape index (κ2) is 6.98. The van der Waals surface area contributed by atoms with Crippen molar-refractivity contribution in [1.82, 2.24) is 0 Å². The second-order valence-corrected chi connectivity index (χ2v) is 6.10. The Bertz CT molecular complexity index is 542. The number of hydrogen-bond acceptors (Lipinski definition) is 3. The summed E-state index contributed by atoms with van der Waals surface area (Å²) in [5, 5.41) is 0. The molecule has 4 heteroatoms. The molecule has 0 saturated carbocycles. The van der Waals surface area contributed by atoms with Crippen LogP contribution in [-0.4, -0.2) is 13.7 Å². The number of methoxy groups -OCH3 is 1. The highest BCUT2D eigenvalue weighted by Gasteiger charge is 2.05. The first-order valence-electron chi connectivity index (χ1n) is 6.03. The molecule has 100 valence electrons. The summed E-state index contributed by atoms with van der Waals surface area (Å²) in [6.07, 6.45) is 0.887. The summed E-state index contributed by atoms with van der Waals surface area (Å²) in [7, 11) is 1.68. The number of hydrogen-bond donors (Lipinski definition) is 1. The van der Waals surface area contributed by atoms with E-state index in [-0.39, 0.29) is 0 Å². The maximum absolute atomic E-state index is 5.67. The molecule has 2 aromatic rings. The van der Waals surface area contributed by atoms with Crippen LogP contribution in [0, 0.1) is 0 Å². The number of benzene rings is 2. The molecule has 0 saturated heterocycles. The Morgan fingerprint density at radius 2 is 1.89 bits per heavy atom. The van der Waals surface area contributed by atoms with Crippen molar-refractivity contribution >= 4 is 27.7 Å². The predicted octanol–water partition coefficient (Wildman–Crippen LogP) is 4.11. The summed E-state index contributed by atoms with van der Waals surface area (Å²) in [4.78, 5) is 2.44. The zero-order chi connectivity index (χ0) is 13.7. The standard InChI is InChI=1S/C15H16BrNOS/c1-18-13-3-5-14(6-4-13)19-15-7-2-12(16)10-11(15)8-9-17/h2-7,10H,8-9,17H2,1H3. The van der Waals surface area contributed by atoms with Crippen LogP contribution >= 0.6 is 27.7 Å². The van der Waals surface area contributed by atoms with E-state index in [4.69, 9.17) is 10.5 Å². The molecule has 0 fully saturated rings. The SMILES string of the molecule is COc1ccc(Sc2ccc(Br)cc2CCN)cc1. The van der Waals surface area contributed by atoms with E-state index in [0.29, 0.717) is 6.54 Å². The van der Waals surface area contributed by atoms with E-state index in [1.165, 1.54) is 15.4 Å². The van der Waals surface area contributed by atoms with Crippen molar-refractivity contribution in [2.45, 2.75) is 16.2 Å². The fourth-order valence-corrected chi connectivity index (χ4v) is 3.13. The van der Waals surface area contributed by atoms with Crippen LogP contribution in [0.3, 0.4) is 0 Å². The summed E-state index contributed by atoms with van der Waals surface area (Å²) >= 11 is 5.25. The Balaban J connectivity index is 2.21. The minimum atomic E-state index is 0.659. The van der Waals surface area contributed by atoms with Crippen LogP contribution in [0.25, 0.3) is 0 Å². The van der Waals surface area contributed by atoms with E-state index in [0.717, 1.165) is 16.6 Å². The Morgan fingerprint density at radius 3 is 2.53 bits per heavy atom. The fourth-order valence-electron chi connectivity index (χ4n) is 1.77. The highest BCUT2D eigenvalue weighted by Crippen LogP contribution is 2.33. The van der Waals surface area contributed by atoms with E-state index in [1.54, 1.807) is 18.9 Å². The van der Waals surface area contributed by atoms with Gasteiger partial charge in [-0.05, 0) is 61.0 Å². The topological polar surface area (TPSA) is 35.2 Å². The largest absolute Gasteiger partial charge is 0.497 e. The predicted molar refractivity (Wildman–Crippen MR) is 84.0 cm³/mol. The zero-order valence-electron chi connectivity index (χ0n) is 10.7. The van der Waals surface area contributed by atoms with Gasteiger partial charge in [0.2, 0.25) is 0 Å². The molecule has 0 aliphatic rings. The molecule has 2 nitrogen and oxygen atoms in total.